The van der Waals surface area contributed by atoms with Gasteiger partial charge in [0.2, 0.25) is 0 Å². The molecule has 0 N–H and O–H groups in total. The van der Waals surface area contributed by atoms with Gasteiger partial charge in [-0.3, -0.25) is 9.78 Å². The molecule has 0 bridgehead atoms. The first kappa shape index (κ1) is 34.4. The summed E-state index contributed by atoms with van der Waals surface area (Å²) >= 11 is 6.52. The maximum atomic E-state index is 11.8. The lowest BCUT2D eigenvalue weighted by Crippen LogP contribution is -2.35. The van der Waals surface area contributed by atoms with Crippen molar-refractivity contribution in [3.8, 4) is 34.4 Å². The van der Waals surface area contributed by atoms with E-state index in [1.165, 1.54) is 31.5 Å². The molecule has 3 heterocycles. The highest BCUT2D eigenvalue weighted by Crippen LogP contribution is 2.39. The zero-order valence-corrected chi connectivity index (χ0v) is 28.9. The Morgan fingerprint density at radius 1 is 0.980 bits per heavy atom. The second-order valence-corrected chi connectivity index (χ2v) is 13.5. The highest BCUT2D eigenvalue weighted by Gasteiger charge is 2.39. The van der Waals surface area contributed by atoms with E-state index in [-0.39, 0.29) is 13.2 Å². The molecule has 4 aromatic rings. The van der Waals surface area contributed by atoms with Crippen molar-refractivity contribution in [2.75, 3.05) is 39.5 Å². The van der Waals surface area contributed by atoms with Gasteiger partial charge in [0, 0.05) is 49.1 Å². The van der Waals surface area contributed by atoms with Gasteiger partial charge >= 0.3 is 0 Å². The number of carbonyl (C=O) groups excluding carboxylic acids is 1. The zero-order valence-electron chi connectivity index (χ0n) is 28.2. The Morgan fingerprint density at radius 2 is 1.80 bits per heavy atom. The topological polar surface area (TPSA) is 93.9 Å². The normalized spacial score (nSPS) is 17.5. The van der Waals surface area contributed by atoms with Crippen molar-refractivity contribution in [1.82, 2.24) is 9.88 Å². The van der Waals surface area contributed by atoms with Gasteiger partial charge < -0.3 is 23.8 Å². The smallest absolute Gasteiger partial charge is 0.153 e. The van der Waals surface area contributed by atoms with Crippen LogP contribution in [0.4, 0.5) is 0 Å². The van der Waals surface area contributed by atoms with Gasteiger partial charge in [0.05, 0.1) is 29.4 Å². The van der Waals surface area contributed by atoms with Crippen LogP contribution in [0.3, 0.4) is 0 Å². The lowest BCUT2D eigenvalue weighted by Gasteiger charge is -2.33. The first-order chi connectivity index (χ1) is 23.9. The van der Waals surface area contributed by atoms with Crippen LogP contribution in [-0.4, -0.2) is 55.6 Å². The summed E-state index contributed by atoms with van der Waals surface area (Å²) in [6, 6.07) is 19.3. The average molecular weight is 680 g/mol. The lowest BCUT2D eigenvalue weighted by molar-refractivity contribution is -0.00225. The van der Waals surface area contributed by atoms with Crippen LogP contribution in [0.2, 0.25) is 5.02 Å². The predicted octanol–water partition coefficient (Wildman–Crippen LogP) is 8.13. The summed E-state index contributed by atoms with van der Waals surface area (Å²) in [6.45, 7) is 10.4. The number of pyridine rings is 1. The minimum Gasteiger partial charge on any atom is -0.493 e. The summed E-state index contributed by atoms with van der Waals surface area (Å²) in [4.78, 5) is 18.4. The molecule has 2 aliphatic heterocycles. The molecule has 2 saturated heterocycles. The molecular weight excluding hydrogens is 638 g/mol. The Balaban J connectivity index is 1.08. The zero-order chi connectivity index (χ0) is 34.2. The molecule has 8 nitrogen and oxygen atoms in total. The number of ether oxygens (including phenoxy) is 4. The van der Waals surface area contributed by atoms with Gasteiger partial charge in [-0.25, -0.2) is 0 Å². The van der Waals surface area contributed by atoms with Crippen LogP contribution in [0.1, 0.15) is 63.9 Å². The molecule has 49 heavy (non-hydrogen) atoms. The Hall–Kier alpha value is -4.42. The van der Waals surface area contributed by atoms with E-state index in [2.05, 4.69) is 48.0 Å². The van der Waals surface area contributed by atoms with Gasteiger partial charge in [-0.2, -0.15) is 5.26 Å². The van der Waals surface area contributed by atoms with Gasteiger partial charge in [-0.15, -0.1) is 0 Å². The van der Waals surface area contributed by atoms with Crippen molar-refractivity contribution in [3.05, 3.63) is 105 Å². The van der Waals surface area contributed by atoms with E-state index >= 15 is 0 Å². The van der Waals surface area contributed by atoms with Gasteiger partial charge in [-0.05, 0) is 92.1 Å². The molecule has 254 valence electrons. The van der Waals surface area contributed by atoms with Crippen molar-refractivity contribution in [3.63, 3.8) is 0 Å². The summed E-state index contributed by atoms with van der Waals surface area (Å²) in [6.07, 6.45) is 8.49. The standard InChI is InChI=1S/C40H42ClN3O5/c1-28-32(25-49-39-19-38(33(23-45)18-36(39)41)48-24-31-17-30(20-42)21-43-22-31)7-3-8-34(28)35-9-4-10-37(29(35)2)47-16-6-13-44-14-12-40(26-44)11-5-15-46-27-40/h3-4,7-10,17-19,21-23H,5-6,11-16,24-27H2,1-2H3. The number of hydrogen-bond acceptors (Lipinski definition) is 8. The molecule has 1 atom stereocenters. The van der Waals surface area contributed by atoms with Crippen LogP contribution in [0.5, 0.6) is 17.2 Å². The number of halogens is 1. The highest BCUT2D eigenvalue weighted by molar-refractivity contribution is 6.32. The third kappa shape index (κ3) is 8.25. The van der Waals surface area contributed by atoms with E-state index < -0.39 is 0 Å². The number of carbonyl (C=O) groups is 1. The molecule has 0 amide bonds. The maximum Gasteiger partial charge on any atom is 0.153 e. The molecule has 0 radical (unpaired) electrons. The quantitative estimate of drug-likeness (QED) is 0.103. The minimum absolute atomic E-state index is 0.128. The van der Waals surface area contributed by atoms with Crippen molar-refractivity contribution in [2.45, 2.75) is 52.7 Å². The number of aldehydes is 1. The van der Waals surface area contributed by atoms with Crippen LogP contribution >= 0.6 is 11.6 Å². The largest absolute Gasteiger partial charge is 0.493 e. The first-order valence-corrected chi connectivity index (χ1v) is 17.3. The molecular formula is C40H42ClN3O5. The molecule has 0 aliphatic carbocycles. The molecule has 1 unspecified atom stereocenters. The van der Waals surface area contributed by atoms with Crippen molar-refractivity contribution in [1.29, 1.82) is 5.26 Å². The molecule has 1 spiro atoms. The van der Waals surface area contributed by atoms with Crippen molar-refractivity contribution in [2.24, 2.45) is 5.41 Å². The fraction of sp³-hybridized carbons (Fsp3) is 0.375. The second kappa shape index (κ2) is 15.9. The predicted molar refractivity (Wildman–Crippen MR) is 189 cm³/mol. The number of nitrogens with zero attached hydrogens (tertiary/aromatic N) is 3. The lowest BCUT2D eigenvalue weighted by atomic mass is 9.82. The summed E-state index contributed by atoms with van der Waals surface area (Å²) in [5.74, 6) is 1.64. The van der Waals surface area contributed by atoms with E-state index in [0.717, 1.165) is 72.8 Å². The maximum absolute atomic E-state index is 11.8. The van der Waals surface area contributed by atoms with Gasteiger partial charge in [-0.1, -0.05) is 41.9 Å². The fourth-order valence-electron chi connectivity index (χ4n) is 6.94. The van der Waals surface area contributed by atoms with E-state index in [1.54, 1.807) is 18.3 Å². The van der Waals surface area contributed by atoms with Crippen LogP contribution in [-0.2, 0) is 18.0 Å². The Kier molecular flexibility index (Phi) is 11.1. The van der Waals surface area contributed by atoms with E-state index in [1.807, 2.05) is 18.2 Å². The molecule has 1 aromatic heterocycles. The molecule has 6 rings (SSSR count). The molecule has 0 saturated carbocycles. The summed E-state index contributed by atoms with van der Waals surface area (Å²) in [5.41, 5.74) is 7.25. The Bertz CT molecular complexity index is 1830. The van der Waals surface area contributed by atoms with Crippen molar-refractivity contribution >= 4 is 17.9 Å². The average Bonchev–Trinajstić information content (AvgIpc) is 3.51. The second-order valence-electron chi connectivity index (χ2n) is 13.1. The highest BCUT2D eigenvalue weighted by atomic mass is 35.5. The number of nitriles is 1. The number of likely N-dealkylation sites (tertiary alicyclic amines) is 1. The van der Waals surface area contributed by atoms with Crippen LogP contribution < -0.4 is 14.2 Å². The first-order valence-electron chi connectivity index (χ1n) is 16.9. The van der Waals surface area contributed by atoms with Crippen LogP contribution in [0.25, 0.3) is 11.1 Å². The fourth-order valence-corrected chi connectivity index (χ4v) is 7.16. The minimum atomic E-state index is 0.128. The van der Waals surface area contributed by atoms with Crippen LogP contribution in [0, 0.1) is 30.6 Å². The third-order valence-electron chi connectivity index (χ3n) is 9.71. The number of aromatic nitrogens is 1. The van der Waals surface area contributed by atoms with E-state index in [9.17, 15) is 4.79 Å². The Labute approximate surface area is 293 Å². The van der Waals surface area contributed by atoms with Gasteiger partial charge in [0.1, 0.15) is 36.5 Å². The van der Waals surface area contributed by atoms with E-state index in [4.69, 9.17) is 35.8 Å². The molecule has 9 heteroatoms. The number of benzene rings is 3. The van der Waals surface area contributed by atoms with Gasteiger partial charge in [0.25, 0.3) is 0 Å². The summed E-state index contributed by atoms with van der Waals surface area (Å²) in [5, 5.41) is 9.47. The summed E-state index contributed by atoms with van der Waals surface area (Å²) in [7, 11) is 0. The summed E-state index contributed by atoms with van der Waals surface area (Å²) < 4.78 is 24.3. The number of hydrogen-bond donors (Lipinski definition) is 0. The molecule has 2 aliphatic rings. The third-order valence-corrected chi connectivity index (χ3v) is 10.0. The SMILES string of the molecule is Cc1c(COc2cc(OCc3cncc(C#N)c3)c(C=O)cc2Cl)cccc1-c1cccc(OCCCN2CCC3(CCCOC3)C2)c1C. The monoisotopic (exact) mass is 679 g/mol. The molecule has 2 fully saturated rings. The van der Waals surface area contributed by atoms with Gasteiger partial charge in [0.15, 0.2) is 6.29 Å². The van der Waals surface area contributed by atoms with E-state index in [0.29, 0.717) is 51.5 Å². The van der Waals surface area contributed by atoms with Crippen molar-refractivity contribution < 1.29 is 23.7 Å². The number of rotatable bonds is 13. The van der Waals surface area contributed by atoms with Crippen LogP contribution in [0.15, 0.2) is 67.0 Å². The Morgan fingerprint density at radius 3 is 2.59 bits per heavy atom. The molecule has 3 aromatic carbocycles.